The highest BCUT2D eigenvalue weighted by atomic mass is 16.5. The van der Waals surface area contributed by atoms with Crippen LogP contribution in [0.25, 0.3) is 0 Å². The molecule has 2 amide bonds. The van der Waals surface area contributed by atoms with E-state index in [1.807, 2.05) is 31.2 Å². The lowest BCUT2D eigenvalue weighted by atomic mass is 10.1. The molecule has 1 saturated heterocycles. The minimum Gasteiger partial charge on any atom is -0.497 e. The van der Waals surface area contributed by atoms with Crippen LogP contribution < -0.4 is 4.74 Å². The standard InChI is InChI=1S/C17H24N2O4/c1-4-15(23-3)17(21)19-9-8-18(16(20)12-19)11-13-6-5-7-14(10-13)22-2/h5-7,10,15H,4,8-9,11-12H2,1-3H3/t15-/m0/s1. The summed E-state index contributed by atoms with van der Waals surface area (Å²) in [6, 6.07) is 7.66. The Bertz CT molecular complexity index is 557. The fourth-order valence-corrected chi connectivity index (χ4v) is 2.70. The molecule has 1 atom stereocenters. The van der Waals surface area contributed by atoms with Crippen molar-refractivity contribution >= 4 is 11.8 Å². The van der Waals surface area contributed by atoms with Crippen LogP contribution in [0, 0.1) is 0 Å². The summed E-state index contributed by atoms with van der Waals surface area (Å²) in [5, 5.41) is 0. The first-order valence-electron chi connectivity index (χ1n) is 7.81. The van der Waals surface area contributed by atoms with Gasteiger partial charge in [-0.1, -0.05) is 19.1 Å². The van der Waals surface area contributed by atoms with Gasteiger partial charge in [0.05, 0.1) is 13.7 Å². The first-order valence-corrected chi connectivity index (χ1v) is 7.81. The molecule has 0 N–H and O–H groups in total. The van der Waals surface area contributed by atoms with E-state index in [1.54, 1.807) is 16.9 Å². The van der Waals surface area contributed by atoms with Gasteiger partial charge >= 0.3 is 0 Å². The maximum absolute atomic E-state index is 12.3. The molecule has 0 aromatic heterocycles. The van der Waals surface area contributed by atoms with Gasteiger partial charge in [0.2, 0.25) is 5.91 Å². The van der Waals surface area contributed by atoms with Gasteiger partial charge in [-0.05, 0) is 24.1 Å². The quantitative estimate of drug-likeness (QED) is 0.792. The summed E-state index contributed by atoms with van der Waals surface area (Å²) >= 11 is 0. The molecule has 0 unspecified atom stereocenters. The van der Waals surface area contributed by atoms with Crippen molar-refractivity contribution in [2.24, 2.45) is 0 Å². The van der Waals surface area contributed by atoms with Gasteiger partial charge < -0.3 is 19.3 Å². The lowest BCUT2D eigenvalue weighted by Crippen LogP contribution is -2.54. The summed E-state index contributed by atoms with van der Waals surface area (Å²) in [6.07, 6.45) is 0.140. The number of piperazine rings is 1. The van der Waals surface area contributed by atoms with Gasteiger partial charge in [-0.25, -0.2) is 0 Å². The van der Waals surface area contributed by atoms with Crippen molar-refractivity contribution in [1.29, 1.82) is 0 Å². The Hall–Kier alpha value is -2.08. The summed E-state index contributed by atoms with van der Waals surface area (Å²) in [6.45, 7) is 3.60. The Morgan fingerprint density at radius 2 is 2.09 bits per heavy atom. The van der Waals surface area contributed by atoms with E-state index in [-0.39, 0.29) is 18.4 Å². The van der Waals surface area contributed by atoms with E-state index in [4.69, 9.17) is 9.47 Å². The first-order chi connectivity index (χ1) is 11.1. The number of carbonyl (C=O) groups excluding carboxylic acids is 2. The molecule has 0 spiro atoms. The first kappa shape index (κ1) is 17.3. The van der Waals surface area contributed by atoms with Crippen LogP contribution in [0.2, 0.25) is 0 Å². The molecule has 1 aromatic carbocycles. The number of carbonyl (C=O) groups is 2. The Morgan fingerprint density at radius 1 is 1.30 bits per heavy atom. The average molecular weight is 320 g/mol. The number of ether oxygens (including phenoxy) is 2. The monoisotopic (exact) mass is 320 g/mol. The molecule has 2 rings (SSSR count). The largest absolute Gasteiger partial charge is 0.497 e. The van der Waals surface area contributed by atoms with E-state index in [2.05, 4.69) is 0 Å². The van der Waals surface area contributed by atoms with E-state index in [9.17, 15) is 9.59 Å². The fourth-order valence-electron chi connectivity index (χ4n) is 2.70. The van der Waals surface area contributed by atoms with E-state index >= 15 is 0 Å². The van der Waals surface area contributed by atoms with Crippen LogP contribution in [0.15, 0.2) is 24.3 Å². The number of amides is 2. The average Bonchev–Trinajstić information content (AvgIpc) is 2.58. The lowest BCUT2D eigenvalue weighted by molar-refractivity contribution is -0.151. The summed E-state index contributed by atoms with van der Waals surface area (Å²) in [7, 11) is 3.14. The van der Waals surface area contributed by atoms with Crippen molar-refractivity contribution < 1.29 is 19.1 Å². The number of hydrogen-bond acceptors (Lipinski definition) is 4. The van der Waals surface area contributed by atoms with E-state index in [0.717, 1.165) is 11.3 Å². The Morgan fingerprint density at radius 3 is 2.70 bits per heavy atom. The molecule has 1 aliphatic heterocycles. The van der Waals surface area contributed by atoms with Crippen LogP contribution in [0.4, 0.5) is 0 Å². The Labute approximate surface area is 137 Å². The van der Waals surface area contributed by atoms with Crippen LogP contribution in [-0.2, 0) is 20.9 Å². The molecule has 0 aliphatic carbocycles. The van der Waals surface area contributed by atoms with Gasteiger partial charge in [-0.2, -0.15) is 0 Å². The summed E-state index contributed by atoms with van der Waals surface area (Å²) in [5.41, 5.74) is 1.01. The number of methoxy groups -OCH3 is 2. The highest BCUT2D eigenvalue weighted by Crippen LogP contribution is 2.16. The fraction of sp³-hybridized carbons (Fsp3) is 0.529. The number of hydrogen-bond donors (Lipinski definition) is 0. The van der Waals surface area contributed by atoms with Crippen molar-refractivity contribution in [2.75, 3.05) is 33.9 Å². The van der Waals surface area contributed by atoms with E-state index in [0.29, 0.717) is 26.1 Å². The zero-order valence-electron chi connectivity index (χ0n) is 13.9. The van der Waals surface area contributed by atoms with Gasteiger partial charge in [0.25, 0.3) is 5.91 Å². The second-order valence-corrected chi connectivity index (χ2v) is 5.56. The zero-order valence-corrected chi connectivity index (χ0v) is 13.9. The summed E-state index contributed by atoms with van der Waals surface area (Å²) < 4.78 is 10.4. The molecular formula is C17H24N2O4. The van der Waals surface area contributed by atoms with Gasteiger partial charge in [-0.15, -0.1) is 0 Å². The van der Waals surface area contributed by atoms with Crippen LogP contribution in [0.5, 0.6) is 5.75 Å². The highest BCUT2D eigenvalue weighted by molar-refractivity contribution is 5.88. The van der Waals surface area contributed by atoms with Gasteiger partial charge in [0.15, 0.2) is 0 Å². The van der Waals surface area contributed by atoms with Gasteiger partial charge in [0, 0.05) is 26.7 Å². The van der Waals surface area contributed by atoms with Crippen molar-refractivity contribution in [1.82, 2.24) is 9.80 Å². The van der Waals surface area contributed by atoms with Crippen LogP contribution in [-0.4, -0.2) is 61.6 Å². The molecule has 6 nitrogen and oxygen atoms in total. The molecule has 1 aliphatic rings. The highest BCUT2D eigenvalue weighted by Gasteiger charge is 2.30. The third-order valence-corrected chi connectivity index (χ3v) is 4.07. The maximum atomic E-state index is 12.3. The van der Waals surface area contributed by atoms with Crippen molar-refractivity contribution in [2.45, 2.75) is 26.0 Å². The van der Waals surface area contributed by atoms with Crippen LogP contribution in [0.3, 0.4) is 0 Å². The second-order valence-electron chi connectivity index (χ2n) is 5.56. The van der Waals surface area contributed by atoms with Crippen LogP contribution in [0.1, 0.15) is 18.9 Å². The SMILES string of the molecule is CC[C@H](OC)C(=O)N1CCN(Cc2cccc(OC)c2)C(=O)C1. The summed E-state index contributed by atoms with van der Waals surface area (Å²) in [5.74, 6) is 0.623. The number of rotatable bonds is 6. The zero-order chi connectivity index (χ0) is 16.8. The predicted octanol–water partition coefficient (Wildman–Crippen LogP) is 1.29. The minimum absolute atomic E-state index is 0.0432. The van der Waals surface area contributed by atoms with Gasteiger partial charge in [0.1, 0.15) is 11.9 Å². The van der Waals surface area contributed by atoms with Crippen LogP contribution >= 0.6 is 0 Å². The molecular weight excluding hydrogens is 296 g/mol. The van der Waals surface area contributed by atoms with E-state index in [1.165, 1.54) is 7.11 Å². The van der Waals surface area contributed by atoms with Crippen molar-refractivity contribution in [3.05, 3.63) is 29.8 Å². The molecule has 0 bridgehead atoms. The van der Waals surface area contributed by atoms with E-state index < -0.39 is 6.10 Å². The third kappa shape index (κ3) is 4.22. The Kier molecular flexibility index (Phi) is 5.98. The number of nitrogens with zero attached hydrogens (tertiary/aromatic N) is 2. The summed E-state index contributed by atoms with van der Waals surface area (Å²) in [4.78, 5) is 28.0. The molecule has 1 heterocycles. The van der Waals surface area contributed by atoms with Gasteiger partial charge in [-0.3, -0.25) is 9.59 Å². The lowest BCUT2D eigenvalue weighted by Gasteiger charge is -2.35. The topological polar surface area (TPSA) is 59.1 Å². The molecule has 6 heteroatoms. The predicted molar refractivity (Wildman–Crippen MR) is 86.1 cm³/mol. The van der Waals surface area contributed by atoms with Crippen molar-refractivity contribution in [3.8, 4) is 5.75 Å². The Balaban J connectivity index is 1.96. The normalized spacial score (nSPS) is 16.4. The molecule has 1 aromatic rings. The molecule has 126 valence electrons. The number of benzene rings is 1. The molecule has 0 radical (unpaired) electrons. The second kappa shape index (κ2) is 7.97. The molecule has 1 fully saturated rings. The minimum atomic E-state index is -0.465. The molecule has 23 heavy (non-hydrogen) atoms. The smallest absolute Gasteiger partial charge is 0.252 e. The third-order valence-electron chi connectivity index (χ3n) is 4.07. The van der Waals surface area contributed by atoms with Crippen molar-refractivity contribution in [3.63, 3.8) is 0 Å². The maximum Gasteiger partial charge on any atom is 0.252 e. The molecule has 0 saturated carbocycles.